The monoisotopic (exact) mass is 599 g/mol. The number of carbonyl (C=O) groups excluding carboxylic acids is 2. The SMILES string of the molecule is CCCCNC(=O)[C@H](C)N(Cc1ccccc1C)C(=O)CN(c1ccc(OCC)cc1)S(=O)(=O)c1ccc(Cl)cc1. The number of halogens is 1. The Morgan fingerprint density at radius 3 is 2.24 bits per heavy atom. The largest absolute Gasteiger partial charge is 0.494 e. The summed E-state index contributed by atoms with van der Waals surface area (Å²) < 4.78 is 34.4. The van der Waals surface area contributed by atoms with Gasteiger partial charge in [-0.1, -0.05) is 49.2 Å². The van der Waals surface area contributed by atoms with Crippen LogP contribution in [0.4, 0.5) is 5.69 Å². The molecule has 0 unspecified atom stereocenters. The summed E-state index contributed by atoms with van der Waals surface area (Å²) in [6.45, 7) is 8.05. The molecule has 41 heavy (non-hydrogen) atoms. The van der Waals surface area contributed by atoms with E-state index in [1.54, 1.807) is 31.2 Å². The molecule has 3 aromatic carbocycles. The fourth-order valence-electron chi connectivity index (χ4n) is 4.23. The van der Waals surface area contributed by atoms with Crippen LogP contribution < -0.4 is 14.4 Å². The van der Waals surface area contributed by atoms with Crippen LogP contribution in [0.15, 0.2) is 77.7 Å². The van der Waals surface area contributed by atoms with Crippen molar-refractivity contribution < 1.29 is 22.7 Å². The zero-order valence-electron chi connectivity index (χ0n) is 24.0. The van der Waals surface area contributed by atoms with Gasteiger partial charge in [-0.3, -0.25) is 13.9 Å². The highest BCUT2D eigenvalue weighted by Crippen LogP contribution is 2.27. The Labute approximate surface area is 248 Å². The van der Waals surface area contributed by atoms with Crippen molar-refractivity contribution >= 4 is 39.1 Å². The van der Waals surface area contributed by atoms with Gasteiger partial charge in [-0.25, -0.2) is 8.42 Å². The number of hydrogen-bond donors (Lipinski definition) is 1. The standard InChI is InChI=1S/C31H38ClN3O5S/c1-5-7-20-33-31(37)24(4)34(21-25-11-9-8-10-23(25)3)30(36)22-35(27-14-16-28(17-15-27)40-6-2)41(38,39)29-18-12-26(32)13-19-29/h8-19,24H,5-7,20-22H2,1-4H3,(H,33,37)/t24-/m0/s1. The summed E-state index contributed by atoms with van der Waals surface area (Å²) in [7, 11) is -4.18. The van der Waals surface area contributed by atoms with Gasteiger partial charge >= 0.3 is 0 Å². The third-order valence-electron chi connectivity index (χ3n) is 6.72. The molecule has 0 aliphatic carbocycles. The second kappa shape index (κ2) is 14.9. The van der Waals surface area contributed by atoms with Crippen LogP contribution in [0.1, 0.15) is 44.7 Å². The first-order chi connectivity index (χ1) is 19.6. The molecule has 0 fully saturated rings. The summed E-state index contributed by atoms with van der Waals surface area (Å²) in [4.78, 5) is 28.5. The number of benzene rings is 3. The van der Waals surface area contributed by atoms with Crippen molar-refractivity contribution in [2.24, 2.45) is 0 Å². The third-order valence-corrected chi connectivity index (χ3v) is 8.76. The summed E-state index contributed by atoms with van der Waals surface area (Å²) in [6.07, 6.45) is 1.73. The highest BCUT2D eigenvalue weighted by Gasteiger charge is 2.32. The van der Waals surface area contributed by atoms with E-state index in [2.05, 4.69) is 5.32 Å². The number of anilines is 1. The molecule has 0 saturated carbocycles. The topological polar surface area (TPSA) is 96.0 Å². The molecule has 1 atom stereocenters. The van der Waals surface area contributed by atoms with Crippen LogP contribution in [0.5, 0.6) is 5.75 Å². The second-order valence-electron chi connectivity index (χ2n) is 9.66. The lowest BCUT2D eigenvalue weighted by Crippen LogP contribution is -2.51. The van der Waals surface area contributed by atoms with E-state index in [1.807, 2.05) is 45.0 Å². The summed E-state index contributed by atoms with van der Waals surface area (Å²) in [5.74, 6) is -0.239. The zero-order valence-corrected chi connectivity index (χ0v) is 25.5. The van der Waals surface area contributed by atoms with Crippen LogP contribution in [0.2, 0.25) is 5.02 Å². The van der Waals surface area contributed by atoms with Gasteiger partial charge in [0.05, 0.1) is 17.2 Å². The minimum absolute atomic E-state index is 0.0144. The minimum atomic E-state index is -4.18. The van der Waals surface area contributed by atoms with E-state index in [0.717, 1.165) is 28.3 Å². The molecular formula is C31H38ClN3O5S. The van der Waals surface area contributed by atoms with Gasteiger partial charge in [0, 0.05) is 18.1 Å². The van der Waals surface area contributed by atoms with E-state index in [1.165, 1.54) is 29.2 Å². The minimum Gasteiger partial charge on any atom is -0.494 e. The quantitative estimate of drug-likeness (QED) is 0.244. The van der Waals surface area contributed by atoms with Crippen LogP contribution in [-0.2, 0) is 26.2 Å². The number of unbranched alkanes of at least 4 members (excludes halogenated alkanes) is 1. The maximum Gasteiger partial charge on any atom is 0.264 e. The number of nitrogens with one attached hydrogen (secondary N) is 1. The first-order valence-electron chi connectivity index (χ1n) is 13.7. The fraction of sp³-hybridized carbons (Fsp3) is 0.355. The smallest absolute Gasteiger partial charge is 0.264 e. The predicted octanol–water partition coefficient (Wildman–Crippen LogP) is 5.58. The third kappa shape index (κ3) is 8.47. The zero-order chi connectivity index (χ0) is 30.0. The van der Waals surface area contributed by atoms with Gasteiger partial charge in [-0.15, -0.1) is 0 Å². The number of amides is 2. The number of sulfonamides is 1. The summed E-state index contributed by atoms with van der Waals surface area (Å²) >= 11 is 6.01. The molecule has 0 bridgehead atoms. The highest BCUT2D eigenvalue weighted by molar-refractivity contribution is 7.92. The molecule has 3 aromatic rings. The van der Waals surface area contributed by atoms with Gasteiger partial charge in [0.1, 0.15) is 18.3 Å². The molecule has 220 valence electrons. The average molecular weight is 600 g/mol. The summed E-state index contributed by atoms with van der Waals surface area (Å²) in [5.41, 5.74) is 2.11. The molecule has 3 rings (SSSR count). The molecule has 0 heterocycles. The lowest BCUT2D eigenvalue weighted by atomic mass is 10.1. The van der Waals surface area contributed by atoms with Crippen LogP contribution in [0.25, 0.3) is 0 Å². The summed E-state index contributed by atoms with van der Waals surface area (Å²) in [5, 5.41) is 3.28. The number of carbonyl (C=O) groups is 2. The van der Waals surface area contributed by atoms with Gasteiger partial charge in [-0.05, 0) is 86.8 Å². The molecule has 10 heteroatoms. The Morgan fingerprint density at radius 2 is 1.63 bits per heavy atom. The van der Waals surface area contributed by atoms with Crippen molar-refractivity contribution in [2.45, 2.75) is 58.0 Å². The molecule has 0 radical (unpaired) electrons. The van der Waals surface area contributed by atoms with Gasteiger partial charge in [0.25, 0.3) is 10.0 Å². The molecule has 8 nitrogen and oxygen atoms in total. The Bertz CT molecular complexity index is 1410. The molecule has 0 saturated heterocycles. The van der Waals surface area contributed by atoms with Crippen LogP contribution in [0, 0.1) is 6.92 Å². The number of ether oxygens (including phenoxy) is 1. The van der Waals surface area contributed by atoms with E-state index in [9.17, 15) is 18.0 Å². The molecule has 0 spiro atoms. The Hall–Kier alpha value is -3.56. The average Bonchev–Trinajstić information content (AvgIpc) is 2.96. The second-order valence-corrected chi connectivity index (χ2v) is 12.0. The van der Waals surface area contributed by atoms with Gasteiger partial charge in [0.2, 0.25) is 11.8 Å². The highest BCUT2D eigenvalue weighted by atomic mass is 35.5. The molecule has 0 aliphatic rings. The van der Waals surface area contributed by atoms with Crippen LogP contribution in [0.3, 0.4) is 0 Å². The van der Waals surface area contributed by atoms with E-state index < -0.39 is 28.5 Å². The summed E-state index contributed by atoms with van der Waals surface area (Å²) in [6, 6.07) is 19.0. The normalized spacial score (nSPS) is 11.9. The number of hydrogen-bond acceptors (Lipinski definition) is 5. The molecule has 0 aliphatic heterocycles. The molecule has 1 N–H and O–H groups in total. The Kier molecular flexibility index (Phi) is 11.6. The number of nitrogens with zero attached hydrogens (tertiary/aromatic N) is 2. The first kappa shape index (κ1) is 32.0. The van der Waals surface area contributed by atoms with E-state index >= 15 is 0 Å². The Balaban J connectivity index is 2.01. The maximum atomic E-state index is 14.0. The van der Waals surface area contributed by atoms with Crippen molar-refractivity contribution in [3.05, 3.63) is 88.9 Å². The number of rotatable bonds is 14. The van der Waals surface area contributed by atoms with Crippen molar-refractivity contribution in [1.82, 2.24) is 10.2 Å². The van der Waals surface area contributed by atoms with Crippen molar-refractivity contribution in [3.63, 3.8) is 0 Å². The van der Waals surface area contributed by atoms with E-state index in [0.29, 0.717) is 23.9 Å². The lowest BCUT2D eigenvalue weighted by Gasteiger charge is -2.32. The fourth-order valence-corrected chi connectivity index (χ4v) is 5.77. The van der Waals surface area contributed by atoms with Crippen molar-refractivity contribution in [1.29, 1.82) is 0 Å². The molecule has 2 amide bonds. The van der Waals surface area contributed by atoms with Gasteiger partial charge in [0.15, 0.2) is 0 Å². The van der Waals surface area contributed by atoms with Crippen LogP contribution in [-0.4, -0.2) is 50.9 Å². The molecule has 0 aromatic heterocycles. The maximum absolute atomic E-state index is 14.0. The first-order valence-corrected chi connectivity index (χ1v) is 15.5. The van der Waals surface area contributed by atoms with E-state index in [-0.39, 0.29) is 23.0 Å². The number of aryl methyl sites for hydroxylation is 1. The van der Waals surface area contributed by atoms with Crippen molar-refractivity contribution in [3.8, 4) is 5.75 Å². The predicted molar refractivity (Wildman–Crippen MR) is 163 cm³/mol. The Morgan fingerprint density at radius 1 is 0.976 bits per heavy atom. The van der Waals surface area contributed by atoms with Crippen molar-refractivity contribution in [2.75, 3.05) is 24.0 Å². The van der Waals surface area contributed by atoms with Gasteiger partial charge in [-0.2, -0.15) is 0 Å². The van der Waals surface area contributed by atoms with Gasteiger partial charge < -0.3 is 15.0 Å². The molecular weight excluding hydrogens is 562 g/mol. The van der Waals surface area contributed by atoms with E-state index in [4.69, 9.17) is 16.3 Å². The van der Waals surface area contributed by atoms with Crippen LogP contribution >= 0.6 is 11.6 Å². The lowest BCUT2D eigenvalue weighted by molar-refractivity contribution is -0.139.